The summed E-state index contributed by atoms with van der Waals surface area (Å²) in [6.45, 7) is 2.02. The SMILES string of the molecule is Cc1ccc(-c2nc(S[C@@H](C(=O)Nc3ccc(F)cc3)c3ccccc3)n[nH]2)cc1. The molecule has 0 spiro atoms. The fraction of sp³-hybridized carbons (Fsp3) is 0.0870. The number of aromatic nitrogens is 3. The molecule has 150 valence electrons. The van der Waals surface area contributed by atoms with Gasteiger partial charge in [-0.25, -0.2) is 9.37 Å². The number of nitrogens with one attached hydrogen (secondary N) is 2. The first-order valence-electron chi connectivity index (χ1n) is 9.36. The van der Waals surface area contributed by atoms with Crippen molar-refractivity contribution >= 4 is 23.4 Å². The van der Waals surface area contributed by atoms with Gasteiger partial charge in [0.25, 0.3) is 0 Å². The minimum absolute atomic E-state index is 0.237. The van der Waals surface area contributed by atoms with Crippen molar-refractivity contribution in [1.29, 1.82) is 0 Å². The van der Waals surface area contributed by atoms with E-state index in [1.54, 1.807) is 0 Å². The number of halogens is 1. The van der Waals surface area contributed by atoms with Crippen molar-refractivity contribution in [3.05, 3.63) is 95.8 Å². The van der Waals surface area contributed by atoms with Gasteiger partial charge in [-0.15, -0.1) is 5.10 Å². The van der Waals surface area contributed by atoms with Crippen LogP contribution in [0.3, 0.4) is 0 Å². The van der Waals surface area contributed by atoms with E-state index in [-0.39, 0.29) is 11.7 Å². The summed E-state index contributed by atoms with van der Waals surface area (Å²) in [5.41, 5.74) is 3.43. The summed E-state index contributed by atoms with van der Waals surface area (Å²) < 4.78 is 13.2. The highest BCUT2D eigenvalue weighted by Gasteiger charge is 2.24. The zero-order valence-electron chi connectivity index (χ0n) is 16.2. The Balaban J connectivity index is 1.57. The molecule has 5 nitrogen and oxygen atoms in total. The number of benzene rings is 3. The minimum atomic E-state index is -0.571. The van der Waals surface area contributed by atoms with Crippen LogP contribution in [0, 0.1) is 12.7 Å². The average Bonchev–Trinajstić information content (AvgIpc) is 3.23. The molecule has 0 aliphatic rings. The third-order valence-electron chi connectivity index (χ3n) is 4.47. The van der Waals surface area contributed by atoms with Crippen LogP contribution in [0.5, 0.6) is 0 Å². The summed E-state index contributed by atoms with van der Waals surface area (Å²) >= 11 is 1.25. The first kappa shape index (κ1) is 19.8. The lowest BCUT2D eigenvalue weighted by atomic mass is 10.1. The second kappa shape index (κ2) is 8.92. The first-order valence-corrected chi connectivity index (χ1v) is 10.2. The molecule has 30 heavy (non-hydrogen) atoms. The van der Waals surface area contributed by atoms with Crippen LogP contribution in [0.25, 0.3) is 11.4 Å². The average molecular weight is 418 g/mol. The highest BCUT2D eigenvalue weighted by atomic mass is 32.2. The van der Waals surface area contributed by atoms with Gasteiger partial charge in [-0.3, -0.25) is 9.89 Å². The number of H-pyrrole nitrogens is 1. The van der Waals surface area contributed by atoms with E-state index >= 15 is 0 Å². The van der Waals surface area contributed by atoms with Crippen LogP contribution in [0.1, 0.15) is 16.4 Å². The molecule has 1 heterocycles. The first-order chi connectivity index (χ1) is 14.6. The van der Waals surface area contributed by atoms with Crippen molar-refractivity contribution in [2.75, 3.05) is 5.32 Å². The Morgan fingerprint density at radius 2 is 1.70 bits per heavy atom. The smallest absolute Gasteiger partial charge is 0.242 e. The molecule has 0 saturated heterocycles. The van der Waals surface area contributed by atoms with E-state index in [0.29, 0.717) is 16.7 Å². The number of aryl methyl sites for hydroxylation is 1. The van der Waals surface area contributed by atoms with Gasteiger partial charge in [0.1, 0.15) is 11.1 Å². The molecule has 7 heteroatoms. The summed E-state index contributed by atoms with van der Waals surface area (Å²) in [7, 11) is 0. The lowest BCUT2D eigenvalue weighted by Crippen LogP contribution is -2.19. The largest absolute Gasteiger partial charge is 0.325 e. The molecular formula is C23H19FN4OS. The predicted octanol–water partition coefficient (Wildman–Crippen LogP) is 5.39. The molecule has 2 N–H and O–H groups in total. The Morgan fingerprint density at radius 3 is 2.40 bits per heavy atom. The predicted molar refractivity (Wildman–Crippen MR) is 117 cm³/mol. The fourth-order valence-electron chi connectivity index (χ4n) is 2.89. The molecule has 0 radical (unpaired) electrons. The number of amides is 1. The zero-order valence-corrected chi connectivity index (χ0v) is 17.0. The summed E-state index contributed by atoms with van der Waals surface area (Å²) in [6, 6.07) is 23.1. The number of carbonyl (C=O) groups is 1. The number of rotatable bonds is 6. The number of anilines is 1. The van der Waals surface area contributed by atoms with Crippen molar-refractivity contribution in [3.63, 3.8) is 0 Å². The van der Waals surface area contributed by atoms with Crippen molar-refractivity contribution in [1.82, 2.24) is 15.2 Å². The summed E-state index contributed by atoms with van der Waals surface area (Å²) in [6.07, 6.45) is 0. The topological polar surface area (TPSA) is 70.7 Å². The molecular weight excluding hydrogens is 399 g/mol. The van der Waals surface area contributed by atoms with E-state index in [9.17, 15) is 9.18 Å². The number of thioether (sulfide) groups is 1. The van der Waals surface area contributed by atoms with Gasteiger partial charge in [-0.2, -0.15) is 0 Å². The fourth-order valence-corrected chi connectivity index (χ4v) is 3.80. The molecule has 1 amide bonds. The van der Waals surface area contributed by atoms with Crippen molar-refractivity contribution in [2.45, 2.75) is 17.3 Å². The maximum atomic E-state index is 13.2. The Labute approximate surface area is 177 Å². The van der Waals surface area contributed by atoms with Crippen LogP contribution in [-0.2, 0) is 4.79 Å². The number of hydrogen-bond donors (Lipinski definition) is 2. The van der Waals surface area contributed by atoms with E-state index in [0.717, 1.165) is 16.7 Å². The van der Waals surface area contributed by atoms with Gasteiger partial charge in [-0.1, -0.05) is 71.9 Å². The van der Waals surface area contributed by atoms with Crippen LogP contribution in [0.15, 0.2) is 84.0 Å². The second-order valence-electron chi connectivity index (χ2n) is 6.74. The number of nitrogens with zero attached hydrogens (tertiary/aromatic N) is 2. The van der Waals surface area contributed by atoms with E-state index in [4.69, 9.17) is 0 Å². The number of carbonyl (C=O) groups excluding carboxylic acids is 1. The molecule has 0 aliphatic carbocycles. The van der Waals surface area contributed by atoms with Crippen molar-refractivity contribution in [3.8, 4) is 11.4 Å². The molecule has 0 bridgehead atoms. The van der Waals surface area contributed by atoms with E-state index in [2.05, 4.69) is 20.5 Å². The maximum absolute atomic E-state index is 13.2. The summed E-state index contributed by atoms with van der Waals surface area (Å²) in [5.74, 6) is 0.0501. The Kier molecular flexibility index (Phi) is 5.90. The van der Waals surface area contributed by atoms with E-state index in [1.807, 2.05) is 61.5 Å². The summed E-state index contributed by atoms with van der Waals surface area (Å²) in [5, 5.41) is 9.95. The highest BCUT2D eigenvalue weighted by Crippen LogP contribution is 2.35. The normalized spacial score (nSPS) is 11.8. The Bertz CT molecular complexity index is 1130. The van der Waals surface area contributed by atoms with Crippen LogP contribution < -0.4 is 5.32 Å². The lowest BCUT2D eigenvalue weighted by Gasteiger charge is -2.15. The van der Waals surface area contributed by atoms with Gasteiger partial charge >= 0.3 is 0 Å². The second-order valence-corrected chi connectivity index (χ2v) is 7.81. The third kappa shape index (κ3) is 4.75. The standard InChI is InChI=1S/C23H19FN4OS/c1-15-7-9-17(10-8-15)21-26-23(28-27-21)30-20(16-5-3-2-4-6-16)22(29)25-19-13-11-18(24)12-14-19/h2-14,20H,1H3,(H,25,29)(H,26,27,28)/t20-/m1/s1. The quantitative estimate of drug-likeness (QED) is 0.412. The minimum Gasteiger partial charge on any atom is -0.325 e. The molecule has 1 atom stereocenters. The van der Waals surface area contributed by atoms with Crippen molar-refractivity contribution < 1.29 is 9.18 Å². The van der Waals surface area contributed by atoms with E-state index in [1.165, 1.54) is 36.0 Å². The highest BCUT2D eigenvalue weighted by molar-refractivity contribution is 8.00. The molecule has 0 unspecified atom stereocenters. The van der Waals surface area contributed by atoms with Crippen molar-refractivity contribution in [2.24, 2.45) is 0 Å². The number of aromatic amines is 1. The van der Waals surface area contributed by atoms with Crippen LogP contribution in [0.2, 0.25) is 0 Å². The molecule has 0 aliphatic heterocycles. The van der Waals surface area contributed by atoms with Gasteiger partial charge < -0.3 is 5.32 Å². The molecule has 4 rings (SSSR count). The summed E-state index contributed by atoms with van der Waals surface area (Å²) in [4.78, 5) is 17.6. The Hall–Kier alpha value is -3.45. The molecule has 4 aromatic rings. The lowest BCUT2D eigenvalue weighted by molar-refractivity contribution is -0.115. The third-order valence-corrected chi connectivity index (χ3v) is 5.58. The Morgan fingerprint density at radius 1 is 1.00 bits per heavy atom. The molecule has 0 fully saturated rings. The van der Waals surface area contributed by atoms with Crippen LogP contribution >= 0.6 is 11.8 Å². The molecule has 1 aromatic heterocycles. The number of hydrogen-bond acceptors (Lipinski definition) is 4. The van der Waals surface area contributed by atoms with Gasteiger partial charge in [0.05, 0.1) is 0 Å². The molecule has 0 saturated carbocycles. The van der Waals surface area contributed by atoms with Gasteiger partial charge in [0, 0.05) is 11.3 Å². The monoisotopic (exact) mass is 418 g/mol. The molecule has 3 aromatic carbocycles. The van der Waals surface area contributed by atoms with E-state index < -0.39 is 5.25 Å². The zero-order chi connectivity index (χ0) is 20.9. The van der Waals surface area contributed by atoms with Crippen LogP contribution in [0.4, 0.5) is 10.1 Å². The maximum Gasteiger partial charge on any atom is 0.242 e. The van der Waals surface area contributed by atoms with Gasteiger partial charge in [0.2, 0.25) is 11.1 Å². The van der Waals surface area contributed by atoms with Crippen LogP contribution in [-0.4, -0.2) is 21.1 Å². The van der Waals surface area contributed by atoms with Gasteiger partial charge in [0.15, 0.2) is 5.82 Å². The van der Waals surface area contributed by atoms with Gasteiger partial charge in [-0.05, 0) is 36.8 Å².